The number of hydrogen-bond donors (Lipinski definition) is 0. The number of halogens is 2. The monoisotopic (exact) mass is 202 g/mol. The molecule has 0 atom stereocenters. The molecule has 1 rings (SSSR count). The van der Waals surface area contributed by atoms with Crippen molar-refractivity contribution < 1.29 is 23.0 Å². The predicted molar refractivity (Wildman–Crippen MR) is 44.3 cm³/mol. The first-order chi connectivity index (χ1) is 6.69. The van der Waals surface area contributed by atoms with Crippen LogP contribution in [0.5, 0.6) is 5.75 Å². The van der Waals surface area contributed by atoms with E-state index >= 15 is 0 Å². The van der Waals surface area contributed by atoms with Crippen LogP contribution in [0.2, 0.25) is 0 Å². The number of carbonyl (C=O) groups is 1. The van der Waals surface area contributed by atoms with E-state index in [0.717, 1.165) is 12.1 Å². The molecule has 0 heterocycles. The van der Waals surface area contributed by atoms with Crippen molar-refractivity contribution in [2.24, 2.45) is 0 Å². The van der Waals surface area contributed by atoms with Crippen LogP contribution >= 0.6 is 0 Å². The summed E-state index contributed by atoms with van der Waals surface area (Å²) in [4.78, 5) is 11.1. The first-order valence-electron chi connectivity index (χ1n) is 3.75. The van der Waals surface area contributed by atoms with E-state index in [4.69, 9.17) is 0 Å². The fourth-order valence-electron chi connectivity index (χ4n) is 0.953. The van der Waals surface area contributed by atoms with Crippen molar-refractivity contribution in [1.82, 2.24) is 0 Å². The number of ether oxygens (including phenoxy) is 2. The Morgan fingerprint density at radius 2 is 2.21 bits per heavy atom. The van der Waals surface area contributed by atoms with Crippen molar-refractivity contribution in [2.45, 2.75) is 0 Å². The first-order valence-corrected chi connectivity index (χ1v) is 3.75. The average Bonchev–Trinajstić information content (AvgIpc) is 2.17. The summed E-state index contributed by atoms with van der Waals surface area (Å²) in [5, 5.41) is 0. The van der Waals surface area contributed by atoms with Crippen LogP contribution in [0.4, 0.5) is 8.78 Å². The minimum Gasteiger partial charge on any atom is -0.465 e. The van der Waals surface area contributed by atoms with E-state index in [-0.39, 0.29) is 11.3 Å². The van der Waals surface area contributed by atoms with Gasteiger partial charge in [0.25, 0.3) is 0 Å². The molecule has 0 aliphatic heterocycles. The lowest BCUT2D eigenvalue weighted by Gasteiger charge is -2.06. The summed E-state index contributed by atoms with van der Waals surface area (Å²) < 4.78 is 33.4. The summed E-state index contributed by atoms with van der Waals surface area (Å²) in [5.74, 6) is -1.48. The third-order valence-electron chi connectivity index (χ3n) is 1.56. The van der Waals surface area contributed by atoms with Crippen molar-refractivity contribution in [3.63, 3.8) is 0 Å². The molecule has 1 aromatic rings. The molecule has 0 saturated heterocycles. The van der Waals surface area contributed by atoms with Crippen molar-refractivity contribution in [3.05, 3.63) is 29.6 Å². The zero-order chi connectivity index (χ0) is 10.6. The van der Waals surface area contributed by atoms with E-state index in [0.29, 0.717) is 0 Å². The smallest absolute Gasteiger partial charge is 0.341 e. The van der Waals surface area contributed by atoms with E-state index < -0.39 is 18.6 Å². The molecule has 0 aliphatic rings. The Morgan fingerprint density at radius 3 is 2.79 bits per heavy atom. The molecule has 0 bridgehead atoms. The van der Waals surface area contributed by atoms with E-state index in [2.05, 4.69) is 9.47 Å². The van der Waals surface area contributed by atoms with Gasteiger partial charge in [0.2, 0.25) is 6.86 Å². The van der Waals surface area contributed by atoms with Gasteiger partial charge in [-0.1, -0.05) is 0 Å². The largest absolute Gasteiger partial charge is 0.465 e. The van der Waals surface area contributed by atoms with Gasteiger partial charge in [-0.05, 0) is 12.1 Å². The molecule has 76 valence electrons. The van der Waals surface area contributed by atoms with Crippen LogP contribution in [0.25, 0.3) is 0 Å². The van der Waals surface area contributed by atoms with Crippen LogP contribution < -0.4 is 4.74 Å². The van der Waals surface area contributed by atoms with E-state index in [9.17, 15) is 13.6 Å². The fourth-order valence-corrected chi connectivity index (χ4v) is 0.953. The molecule has 1 aromatic carbocycles. The average molecular weight is 202 g/mol. The maximum atomic E-state index is 12.7. The summed E-state index contributed by atoms with van der Waals surface area (Å²) >= 11 is 0. The van der Waals surface area contributed by atoms with Gasteiger partial charge in [-0.3, -0.25) is 0 Å². The van der Waals surface area contributed by atoms with Crippen molar-refractivity contribution >= 4 is 5.97 Å². The lowest BCUT2D eigenvalue weighted by molar-refractivity contribution is 0.0593. The Balaban J connectivity index is 3.07. The standard InChI is InChI=1S/C9H8F2O3/c1-13-9(12)7-3-2-6(11)4-8(7)14-5-10/h2-4H,5H2,1H3. The predicted octanol–water partition coefficient (Wildman–Crippen LogP) is 1.92. The minimum absolute atomic E-state index is 0.00782. The number of benzene rings is 1. The van der Waals surface area contributed by atoms with Gasteiger partial charge in [0.1, 0.15) is 17.1 Å². The van der Waals surface area contributed by atoms with Crippen molar-refractivity contribution in [3.8, 4) is 5.75 Å². The van der Waals surface area contributed by atoms with Crippen LogP contribution in [0.3, 0.4) is 0 Å². The van der Waals surface area contributed by atoms with Crippen LogP contribution in [0.15, 0.2) is 18.2 Å². The molecular formula is C9H8F2O3. The molecule has 0 unspecified atom stereocenters. The van der Waals surface area contributed by atoms with Gasteiger partial charge in [0.05, 0.1) is 7.11 Å². The van der Waals surface area contributed by atoms with Crippen molar-refractivity contribution in [1.29, 1.82) is 0 Å². The van der Waals surface area contributed by atoms with E-state index in [1.54, 1.807) is 0 Å². The van der Waals surface area contributed by atoms with Gasteiger partial charge in [-0.25, -0.2) is 13.6 Å². The Bertz CT molecular complexity index is 339. The van der Waals surface area contributed by atoms with Crippen LogP contribution in [0.1, 0.15) is 10.4 Å². The molecule has 3 nitrogen and oxygen atoms in total. The Morgan fingerprint density at radius 1 is 1.50 bits per heavy atom. The van der Waals surface area contributed by atoms with E-state index in [1.807, 2.05) is 0 Å². The lowest BCUT2D eigenvalue weighted by atomic mass is 10.2. The Kier molecular flexibility index (Phi) is 3.39. The van der Waals surface area contributed by atoms with Gasteiger partial charge >= 0.3 is 5.97 Å². The van der Waals surface area contributed by atoms with Crippen molar-refractivity contribution in [2.75, 3.05) is 14.0 Å². The Hall–Kier alpha value is -1.65. The maximum absolute atomic E-state index is 12.7. The highest BCUT2D eigenvalue weighted by atomic mass is 19.1. The molecule has 0 N–H and O–H groups in total. The lowest BCUT2D eigenvalue weighted by Crippen LogP contribution is -2.05. The molecule has 0 fully saturated rings. The van der Waals surface area contributed by atoms with Gasteiger partial charge in [0.15, 0.2) is 0 Å². The summed E-state index contributed by atoms with van der Waals surface area (Å²) in [6.45, 7) is -1.13. The van der Waals surface area contributed by atoms with Gasteiger partial charge in [0, 0.05) is 6.07 Å². The third-order valence-corrected chi connectivity index (χ3v) is 1.56. The van der Waals surface area contributed by atoms with Gasteiger partial charge in [-0.15, -0.1) is 0 Å². The molecule has 0 aliphatic carbocycles. The number of rotatable bonds is 3. The maximum Gasteiger partial charge on any atom is 0.341 e. The number of alkyl halides is 1. The number of esters is 1. The van der Waals surface area contributed by atoms with E-state index in [1.165, 1.54) is 13.2 Å². The van der Waals surface area contributed by atoms with Gasteiger partial charge < -0.3 is 9.47 Å². The molecule has 14 heavy (non-hydrogen) atoms. The molecule has 0 spiro atoms. The SMILES string of the molecule is COC(=O)c1ccc(F)cc1OCF. The molecule has 0 aromatic heterocycles. The summed E-state index contributed by atoms with van der Waals surface area (Å²) in [6.07, 6.45) is 0. The first kappa shape index (κ1) is 10.4. The van der Waals surface area contributed by atoms with Crippen LogP contribution in [-0.2, 0) is 4.74 Å². The number of hydrogen-bond acceptors (Lipinski definition) is 3. The Labute approximate surface area is 79.2 Å². The highest BCUT2D eigenvalue weighted by molar-refractivity contribution is 5.92. The summed E-state index contributed by atoms with van der Waals surface area (Å²) in [6, 6.07) is 3.16. The molecule has 0 saturated carbocycles. The normalized spacial score (nSPS) is 9.64. The third kappa shape index (κ3) is 2.18. The molecule has 0 amide bonds. The summed E-state index contributed by atoms with van der Waals surface area (Å²) in [7, 11) is 1.17. The van der Waals surface area contributed by atoms with Crippen LogP contribution in [-0.4, -0.2) is 19.9 Å². The number of carbonyl (C=O) groups excluding carboxylic acids is 1. The molecular weight excluding hydrogens is 194 g/mol. The zero-order valence-electron chi connectivity index (χ0n) is 7.42. The summed E-state index contributed by atoms with van der Waals surface area (Å²) in [5.41, 5.74) is -0.00782. The quantitative estimate of drug-likeness (QED) is 0.702. The topological polar surface area (TPSA) is 35.5 Å². The second-order valence-electron chi connectivity index (χ2n) is 2.39. The fraction of sp³-hybridized carbons (Fsp3) is 0.222. The second kappa shape index (κ2) is 4.55. The molecule has 0 radical (unpaired) electrons. The minimum atomic E-state index is -1.13. The van der Waals surface area contributed by atoms with Crippen LogP contribution in [0, 0.1) is 5.82 Å². The number of methoxy groups -OCH3 is 1. The highest BCUT2D eigenvalue weighted by Gasteiger charge is 2.13. The zero-order valence-corrected chi connectivity index (χ0v) is 7.42. The second-order valence-corrected chi connectivity index (χ2v) is 2.39. The highest BCUT2D eigenvalue weighted by Crippen LogP contribution is 2.20. The molecule has 5 heteroatoms. The van der Waals surface area contributed by atoms with Gasteiger partial charge in [-0.2, -0.15) is 0 Å².